The van der Waals surface area contributed by atoms with Crippen molar-refractivity contribution in [2.24, 2.45) is 0 Å². The molecule has 14 heteroatoms. The first-order valence-electron chi connectivity index (χ1n) is 14.6. The number of nitro groups is 1. The van der Waals surface area contributed by atoms with E-state index in [2.05, 4.69) is 20.5 Å². The van der Waals surface area contributed by atoms with E-state index in [9.17, 15) is 28.4 Å². The summed E-state index contributed by atoms with van der Waals surface area (Å²) in [7, 11) is -4.05. The van der Waals surface area contributed by atoms with Gasteiger partial charge in [-0.15, -0.1) is 11.3 Å². The number of nitro benzene ring substituents is 1. The van der Waals surface area contributed by atoms with Gasteiger partial charge in [0.05, 0.1) is 39.1 Å². The number of carbonyl (C=O) groups is 1. The molecular formula is C33H30N6O6S2. The highest BCUT2D eigenvalue weighted by atomic mass is 32.2. The summed E-state index contributed by atoms with van der Waals surface area (Å²) in [6, 6.07) is 25.2. The fourth-order valence-corrected chi connectivity index (χ4v) is 7.99. The van der Waals surface area contributed by atoms with Gasteiger partial charge in [-0.3, -0.25) is 29.6 Å². The zero-order valence-corrected chi connectivity index (χ0v) is 26.5. The number of nitrogens with one attached hydrogen (secondary N) is 2. The normalized spacial score (nSPS) is 14.9. The van der Waals surface area contributed by atoms with E-state index in [-0.39, 0.29) is 16.6 Å². The van der Waals surface area contributed by atoms with Gasteiger partial charge < -0.3 is 10.4 Å². The molecule has 0 bridgehead atoms. The van der Waals surface area contributed by atoms with Crippen LogP contribution in [0.2, 0.25) is 0 Å². The molecule has 1 aliphatic rings. The lowest BCUT2D eigenvalue weighted by molar-refractivity contribution is -0.384. The highest BCUT2D eigenvalue weighted by Crippen LogP contribution is 2.34. The number of amides is 1. The molecule has 3 aromatic carbocycles. The fourth-order valence-electron chi connectivity index (χ4n) is 5.61. The summed E-state index contributed by atoms with van der Waals surface area (Å²) in [5, 5.41) is 28.2. The SMILES string of the molecule is O=C(O)Nc1ccc(-c2cccs2)cc1Nc1ccc(CN2CCC(N(c3cccnc3)S(=O)(=O)c3ccc([N+](=O)[O-])cc3)C2)cc1. The Morgan fingerprint density at radius 1 is 1.04 bits per heavy atom. The summed E-state index contributed by atoms with van der Waals surface area (Å²) in [5.41, 5.74) is 4.07. The van der Waals surface area contributed by atoms with Crippen molar-refractivity contribution in [3.05, 3.63) is 124 Å². The van der Waals surface area contributed by atoms with Gasteiger partial charge in [-0.25, -0.2) is 13.2 Å². The van der Waals surface area contributed by atoms with Crippen molar-refractivity contribution in [1.29, 1.82) is 0 Å². The summed E-state index contributed by atoms with van der Waals surface area (Å²) in [6.07, 6.45) is 2.51. The second-order valence-corrected chi connectivity index (χ2v) is 13.7. The molecule has 1 fully saturated rings. The van der Waals surface area contributed by atoms with E-state index >= 15 is 0 Å². The molecule has 5 aromatic rings. The highest BCUT2D eigenvalue weighted by Gasteiger charge is 2.36. The van der Waals surface area contributed by atoms with Gasteiger partial charge in [0.1, 0.15) is 0 Å². The second kappa shape index (κ2) is 13.6. The molecule has 1 saturated heterocycles. The van der Waals surface area contributed by atoms with Crippen LogP contribution in [0.15, 0.2) is 114 Å². The number of non-ortho nitro benzene ring substituents is 1. The Morgan fingerprint density at radius 3 is 2.49 bits per heavy atom. The van der Waals surface area contributed by atoms with Crippen molar-refractivity contribution in [1.82, 2.24) is 9.88 Å². The van der Waals surface area contributed by atoms with Gasteiger partial charge in [-0.05, 0) is 77.5 Å². The maximum Gasteiger partial charge on any atom is 0.409 e. The van der Waals surface area contributed by atoms with Crippen LogP contribution in [0.25, 0.3) is 10.4 Å². The van der Waals surface area contributed by atoms with Crippen molar-refractivity contribution in [2.75, 3.05) is 28.0 Å². The number of thiophene rings is 1. The summed E-state index contributed by atoms with van der Waals surface area (Å²) < 4.78 is 29.2. The zero-order valence-electron chi connectivity index (χ0n) is 24.9. The number of aromatic nitrogens is 1. The van der Waals surface area contributed by atoms with Gasteiger partial charge in [0.15, 0.2) is 0 Å². The number of rotatable bonds is 11. The summed E-state index contributed by atoms with van der Waals surface area (Å²) in [4.78, 5) is 29.3. The molecule has 0 saturated carbocycles. The van der Waals surface area contributed by atoms with Gasteiger partial charge in [0.25, 0.3) is 15.7 Å². The number of pyridine rings is 1. The number of sulfonamides is 1. The van der Waals surface area contributed by atoms with E-state index in [0.717, 1.165) is 21.7 Å². The molecule has 12 nitrogen and oxygen atoms in total. The molecule has 1 amide bonds. The molecule has 47 heavy (non-hydrogen) atoms. The minimum absolute atomic E-state index is 0.0314. The third kappa shape index (κ3) is 7.25. The van der Waals surface area contributed by atoms with E-state index in [1.165, 1.54) is 34.8 Å². The van der Waals surface area contributed by atoms with Crippen LogP contribution in [0.4, 0.5) is 33.2 Å². The average Bonchev–Trinajstić information content (AvgIpc) is 3.76. The van der Waals surface area contributed by atoms with Crippen molar-refractivity contribution < 1.29 is 23.2 Å². The third-order valence-corrected chi connectivity index (χ3v) is 10.6. The number of hydrogen-bond donors (Lipinski definition) is 3. The topological polar surface area (TPSA) is 158 Å². The van der Waals surface area contributed by atoms with Crippen LogP contribution < -0.4 is 14.9 Å². The molecule has 0 aliphatic carbocycles. The third-order valence-electron chi connectivity index (χ3n) is 7.79. The first-order chi connectivity index (χ1) is 22.7. The van der Waals surface area contributed by atoms with Gasteiger partial charge in [-0.1, -0.05) is 24.3 Å². The second-order valence-electron chi connectivity index (χ2n) is 10.9. The first kappa shape index (κ1) is 31.7. The number of carboxylic acid groups (broad SMARTS) is 1. The molecule has 3 N–H and O–H groups in total. The van der Waals surface area contributed by atoms with Gasteiger partial charge in [0, 0.05) is 48.5 Å². The largest absolute Gasteiger partial charge is 0.465 e. The van der Waals surface area contributed by atoms with Crippen LogP contribution in [-0.4, -0.2) is 53.6 Å². The Morgan fingerprint density at radius 2 is 1.83 bits per heavy atom. The zero-order chi connectivity index (χ0) is 33.0. The number of hydrogen-bond acceptors (Lipinski definition) is 9. The number of likely N-dealkylation sites (tertiary alicyclic amines) is 1. The maximum atomic E-state index is 13.9. The molecule has 1 atom stereocenters. The highest BCUT2D eigenvalue weighted by molar-refractivity contribution is 7.92. The molecule has 0 radical (unpaired) electrons. The number of benzene rings is 3. The van der Waals surface area contributed by atoms with E-state index < -0.39 is 21.0 Å². The monoisotopic (exact) mass is 670 g/mol. The maximum absolute atomic E-state index is 13.9. The van der Waals surface area contributed by atoms with Crippen LogP contribution in [0.1, 0.15) is 12.0 Å². The van der Waals surface area contributed by atoms with E-state index in [1.807, 2.05) is 53.9 Å². The molecule has 1 unspecified atom stereocenters. The first-order valence-corrected chi connectivity index (χ1v) is 16.9. The molecule has 0 spiro atoms. The van der Waals surface area contributed by atoms with Crippen LogP contribution in [0.5, 0.6) is 0 Å². The van der Waals surface area contributed by atoms with E-state index in [1.54, 1.807) is 35.7 Å². The molecule has 240 valence electrons. The van der Waals surface area contributed by atoms with Gasteiger partial charge >= 0.3 is 6.09 Å². The van der Waals surface area contributed by atoms with Gasteiger partial charge in [-0.2, -0.15) is 0 Å². The average molecular weight is 671 g/mol. The van der Waals surface area contributed by atoms with Crippen LogP contribution >= 0.6 is 11.3 Å². The lowest BCUT2D eigenvalue weighted by Gasteiger charge is -2.30. The van der Waals surface area contributed by atoms with Crippen molar-refractivity contribution in [3.8, 4) is 10.4 Å². The Kier molecular flexibility index (Phi) is 9.15. The fraction of sp³-hybridized carbons (Fsp3) is 0.152. The van der Waals surface area contributed by atoms with E-state index in [0.29, 0.717) is 43.1 Å². The Labute approximate surface area is 275 Å². The minimum Gasteiger partial charge on any atom is -0.465 e. The van der Waals surface area contributed by atoms with Gasteiger partial charge in [0.2, 0.25) is 0 Å². The lowest BCUT2D eigenvalue weighted by atomic mass is 10.1. The van der Waals surface area contributed by atoms with Crippen molar-refractivity contribution in [2.45, 2.75) is 23.9 Å². The molecule has 2 aromatic heterocycles. The molecular weight excluding hydrogens is 641 g/mol. The van der Waals surface area contributed by atoms with Crippen molar-refractivity contribution in [3.63, 3.8) is 0 Å². The van der Waals surface area contributed by atoms with Crippen molar-refractivity contribution >= 4 is 55.9 Å². The quantitative estimate of drug-likeness (QED) is 0.0992. The van der Waals surface area contributed by atoms with Crippen LogP contribution in [-0.2, 0) is 16.6 Å². The minimum atomic E-state index is -4.05. The van der Waals surface area contributed by atoms with Crippen LogP contribution in [0.3, 0.4) is 0 Å². The summed E-state index contributed by atoms with van der Waals surface area (Å²) in [5.74, 6) is 0. The van der Waals surface area contributed by atoms with E-state index in [4.69, 9.17) is 0 Å². The summed E-state index contributed by atoms with van der Waals surface area (Å²) in [6.45, 7) is 1.73. The Balaban J connectivity index is 1.17. The smallest absolute Gasteiger partial charge is 0.409 e. The molecule has 3 heterocycles. The Bertz CT molecular complexity index is 1970. The molecule has 1 aliphatic heterocycles. The number of anilines is 4. The molecule has 6 rings (SSSR count). The lowest BCUT2D eigenvalue weighted by Crippen LogP contribution is -2.42. The summed E-state index contributed by atoms with van der Waals surface area (Å²) >= 11 is 1.60. The Hall–Kier alpha value is -5.31. The predicted octanol–water partition coefficient (Wildman–Crippen LogP) is 7.02. The van der Waals surface area contributed by atoms with Crippen LogP contribution in [0, 0.1) is 10.1 Å². The predicted molar refractivity (Wildman–Crippen MR) is 182 cm³/mol. The number of nitrogens with zero attached hydrogens (tertiary/aromatic N) is 4. The standard InChI is InChI=1S/C33H30N6O6S2/c40-33(41)36-30-14-7-24(32-4-2-18-46-32)19-31(30)35-25-8-5-23(6-9-25)21-37-17-15-28(22-37)38(27-3-1-16-34-20-27)47(44,45)29-12-10-26(11-13-29)39(42)43/h1-14,16,18-20,28,35-36H,15,17,21-22H2,(H,40,41).